The predicted molar refractivity (Wildman–Crippen MR) is 72.8 cm³/mol. The largest absolute Gasteiger partial charge is 0.466 e. The Morgan fingerprint density at radius 2 is 1.67 bits per heavy atom. The first kappa shape index (κ1) is 12.9. The third-order valence-corrected chi connectivity index (χ3v) is 3.44. The summed E-state index contributed by atoms with van der Waals surface area (Å²) < 4.78 is 5.35. The summed E-state index contributed by atoms with van der Waals surface area (Å²) in [5.74, 6) is 0.675. The minimum Gasteiger partial charge on any atom is -0.466 e. The van der Waals surface area contributed by atoms with Gasteiger partial charge in [-0.2, -0.15) is 0 Å². The van der Waals surface area contributed by atoms with Crippen molar-refractivity contribution in [2.24, 2.45) is 0 Å². The van der Waals surface area contributed by atoms with Crippen molar-refractivity contribution in [3.8, 4) is 0 Å². The molecule has 0 aliphatic carbocycles. The summed E-state index contributed by atoms with van der Waals surface area (Å²) in [7, 11) is 0. The lowest BCUT2D eigenvalue weighted by molar-refractivity contribution is 0.149. The molecule has 2 aromatic rings. The van der Waals surface area contributed by atoms with Crippen LogP contribution in [0.15, 0.2) is 28.9 Å². The van der Waals surface area contributed by atoms with E-state index in [1.807, 2.05) is 13.0 Å². The monoisotopic (exact) mass is 244 g/mol. The number of aliphatic hydroxyl groups excluding tert-OH is 1. The third kappa shape index (κ3) is 2.49. The van der Waals surface area contributed by atoms with E-state index in [9.17, 15) is 5.11 Å². The summed E-state index contributed by atoms with van der Waals surface area (Å²) in [4.78, 5) is 0. The van der Waals surface area contributed by atoms with Gasteiger partial charge < -0.3 is 9.52 Å². The molecule has 0 saturated heterocycles. The number of aliphatic hydroxyl groups is 1. The molecule has 1 aromatic carbocycles. The van der Waals surface area contributed by atoms with Crippen molar-refractivity contribution in [2.45, 2.75) is 40.2 Å². The summed E-state index contributed by atoms with van der Waals surface area (Å²) >= 11 is 0. The van der Waals surface area contributed by atoms with Gasteiger partial charge in [0.2, 0.25) is 0 Å². The fourth-order valence-electron chi connectivity index (χ4n) is 2.54. The molecule has 1 atom stereocenters. The summed E-state index contributed by atoms with van der Waals surface area (Å²) in [5, 5.41) is 10.3. The number of hydrogen-bond donors (Lipinski definition) is 1. The maximum atomic E-state index is 10.3. The number of benzene rings is 1. The molecule has 0 aliphatic rings. The van der Waals surface area contributed by atoms with Crippen LogP contribution < -0.4 is 0 Å². The van der Waals surface area contributed by atoms with Crippen molar-refractivity contribution in [3.63, 3.8) is 0 Å². The molecule has 0 saturated carbocycles. The molecule has 1 heterocycles. The van der Waals surface area contributed by atoms with Crippen LogP contribution in [-0.4, -0.2) is 5.11 Å². The standard InChI is InChI=1S/C16H20O2/c1-10-7-12(3)14(13(4)8-10)9-15(17)16-11(2)5-6-18-16/h5-8,15,17H,9H2,1-4H3. The predicted octanol–water partition coefficient (Wildman–Crippen LogP) is 3.79. The van der Waals surface area contributed by atoms with E-state index in [0.29, 0.717) is 12.2 Å². The zero-order valence-electron chi connectivity index (χ0n) is 11.4. The van der Waals surface area contributed by atoms with Crippen LogP contribution in [0.25, 0.3) is 0 Å². The lowest BCUT2D eigenvalue weighted by Crippen LogP contribution is -2.05. The van der Waals surface area contributed by atoms with Gasteiger partial charge in [-0.15, -0.1) is 0 Å². The minimum atomic E-state index is -0.569. The molecule has 0 fully saturated rings. The van der Waals surface area contributed by atoms with E-state index in [4.69, 9.17) is 4.42 Å². The van der Waals surface area contributed by atoms with Crippen molar-refractivity contribution < 1.29 is 9.52 Å². The number of rotatable bonds is 3. The maximum absolute atomic E-state index is 10.3. The van der Waals surface area contributed by atoms with Gasteiger partial charge in [0, 0.05) is 6.42 Å². The maximum Gasteiger partial charge on any atom is 0.135 e. The first-order valence-electron chi connectivity index (χ1n) is 6.28. The van der Waals surface area contributed by atoms with Crippen LogP contribution in [0, 0.1) is 27.7 Å². The normalized spacial score (nSPS) is 12.7. The van der Waals surface area contributed by atoms with Crippen LogP contribution in [0.5, 0.6) is 0 Å². The molecule has 18 heavy (non-hydrogen) atoms. The Balaban J connectivity index is 2.27. The molecule has 96 valence electrons. The highest BCUT2D eigenvalue weighted by molar-refractivity contribution is 5.38. The molecule has 1 aromatic heterocycles. The van der Waals surface area contributed by atoms with Gasteiger partial charge in [0.05, 0.1) is 6.26 Å². The molecule has 0 aliphatic heterocycles. The topological polar surface area (TPSA) is 33.4 Å². The van der Waals surface area contributed by atoms with Crippen molar-refractivity contribution in [1.29, 1.82) is 0 Å². The molecule has 0 amide bonds. The van der Waals surface area contributed by atoms with E-state index in [1.54, 1.807) is 6.26 Å². The molecular weight excluding hydrogens is 224 g/mol. The van der Waals surface area contributed by atoms with Crippen LogP contribution in [-0.2, 0) is 6.42 Å². The van der Waals surface area contributed by atoms with Gasteiger partial charge in [-0.3, -0.25) is 0 Å². The smallest absolute Gasteiger partial charge is 0.135 e. The van der Waals surface area contributed by atoms with Gasteiger partial charge in [0.25, 0.3) is 0 Å². The molecule has 0 bridgehead atoms. The van der Waals surface area contributed by atoms with Crippen molar-refractivity contribution >= 4 is 0 Å². The van der Waals surface area contributed by atoms with Crippen LogP contribution in [0.1, 0.15) is 39.7 Å². The van der Waals surface area contributed by atoms with Gasteiger partial charge in [-0.1, -0.05) is 17.7 Å². The quantitative estimate of drug-likeness (QED) is 0.891. The molecule has 2 heteroatoms. The lowest BCUT2D eigenvalue weighted by Gasteiger charge is -2.15. The van der Waals surface area contributed by atoms with Crippen molar-refractivity contribution in [2.75, 3.05) is 0 Å². The Labute approximate surface area is 108 Å². The summed E-state index contributed by atoms with van der Waals surface area (Å²) in [5.41, 5.74) is 5.94. The van der Waals surface area contributed by atoms with Crippen molar-refractivity contribution in [1.82, 2.24) is 0 Å². The van der Waals surface area contributed by atoms with E-state index in [-0.39, 0.29) is 0 Å². The van der Waals surface area contributed by atoms with Crippen molar-refractivity contribution in [3.05, 3.63) is 58.0 Å². The second-order valence-corrected chi connectivity index (χ2v) is 5.07. The zero-order chi connectivity index (χ0) is 13.3. The average molecular weight is 244 g/mol. The first-order chi connectivity index (χ1) is 8.49. The fraction of sp³-hybridized carbons (Fsp3) is 0.375. The van der Waals surface area contributed by atoms with Crippen LogP contribution in [0.3, 0.4) is 0 Å². The van der Waals surface area contributed by atoms with E-state index in [2.05, 4.69) is 32.9 Å². The highest BCUT2D eigenvalue weighted by atomic mass is 16.4. The molecule has 2 rings (SSSR count). The Hall–Kier alpha value is -1.54. The third-order valence-electron chi connectivity index (χ3n) is 3.44. The zero-order valence-corrected chi connectivity index (χ0v) is 11.4. The highest BCUT2D eigenvalue weighted by Crippen LogP contribution is 2.26. The second-order valence-electron chi connectivity index (χ2n) is 5.07. The van der Waals surface area contributed by atoms with E-state index >= 15 is 0 Å². The van der Waals surface area contributed by atoms with E-state index in [1.165, 1.54) is 22.3 Å². The van der Waals surface area contributed by atoms with Gasteiger partial charge in [-0.05, 0) is 56.0 Å². The molecule has 2 nitrogen and oxygen atoms in total. The van der Waals surface area contributed by atoms with Gasteiger partial charge in [0.1, 0.15) is 11.9 Å². The Morgan fingerprint density at radius 3 is 2.17 bits per heavy atom. The Morgan fingerprint density at radius 1 is 1.06 bits per heavy atom. The first-order valence-corrected chi connectivity index (χ1v) is 6.28. The van der Waals surface area contributed by atoms with E-state index < -0.39 is 6.10 Å². The molecule has 0 radical (unpaired) electrons. The highest BCUT2D eigenvalue weighted by Gasteiger charge is 2.16. The number of hydrogen-bond acceptors (Lipinski definition) is 2. The van der Waals surface area contributed by atoms with Gasteiger partial charge >= 0.3 is 0 Å². The van der Waals surface area contributed by atoms with Gasteiger partial charge in [-0.25, -0.2) is 0 Å². The summed E-state index contributed by atoms with van der Waals surface area (Å²) in [6.45, 7) is 8.24. The van der Waals surface area contributed by atoms with E-state index in [0.717, 1.165) is 5.56 Å². The molecular formula is C16H20O2. The summed E-state index contributed by atoms with van der Waals surface area (Å²) in [6.07, 6.45) is 1.66. The SMILES string of the molecule is Cc1cc(C)c(CC(O)c2occc2C)c(C)c1. The second kappa shape index (κ2) is 4.99. The van der Waals surface area contributed by atoms with Gasteiger partial charge in [0.15, 0.2) is 0 Å². The molecule has 0 spiro atoms. The van der Waals surface area contributed by atoms with Crippen LogP contribution in [0.2, 0.25) is 0 Å². The molecule has 1 unspecified atom stereocenters. The summed E-state index contributed by atoms with van der Waals surface area (Å²) in [6, 6.07) is 6.20. The fourth-order valence-corrected chi connectivity index (χ4v) is 2.54. The average Bonchev–Trinajstić information content (AvgIpc) is 2.69. The Bertz CT molecular complexity index is 529. The minimum absolute atomic E-state index is 0.569. The van der Waals surface area contributed by atoms with Crippen LogP contribution >= 0.6 is 0 Å². The number of furan rings is 1. The number of aryl methyl sites for hydroxylation is 4. The van der Waals surface area contributed by atoms with Crippen LogP contribution in [0.4, 0.5) is 0 Å². The Kier molecular flexibility index (Phi) is 3.58. The molecule has 1 N–H and O–H groups in total. The lowest BCUT2D eigenvalue weighted by atomic mass is 9.94.